The molecule has 0 bridgehead atoms. The molecule has 12 heavy (non-hydrogen) atoms. The van der Waals surface area contributed by atoms with E-state index in [4.69, 9.17) is 0 Å². The van der Waals surface area contributed by atoms with Crippen LogP contribution in [0.4, 0.5) is 0 Å². The van der Waals surface area contributed by atoms with Crippen LogP contribution in [0.15, 0.2) is 24.3 Å². The van der Waals surface area contributed by atoms with E-state index < -0.39 is 0 Å². The lowest BCUT2D eigenvalue weighted by Gasteiger charge is -2.09. The largest absolute Gasteiger partial charge is 0.0885 e. The molecular formula is C12H18. The van der Waals surface area contributed by atoms with Crippen molar-refractivity contribution in [2.24, 2.45) is 5.41 Å². The fourth-order valence-electron chi connectivity index (χ4n) is 1.99. The van der Waals surface area contributed by atoms with E-state index in [1.54, 1.807) is 0 Å². The average molecular weight is 162 g/mol. The molecule has 2 rings (SSSR count). The molecule has 0 aromatic heterocycles. The highest BCUT2D eigenvalue weighted by atomic mass is 14.4. The predicted octanol–water partition coefficient (Wildman–Crippen LogP) is 3.84. The average Bonchev–Trinajstić information content (AvgIpc) is 2.84. The number of hydrogen-bond donors (Lipinski definition) is 0. The summed E-state index contributed by atoms with van der Waals surface area (Å²) < 4.78 is 0. The first-order chi connectivity index (χ1) is 5.91. The summed E-state index contributed by atoms with van der Waals surface area (Å²) >= 11 is 0. The molecule has 1 saturated carbocycles. The Morgan fingerprint density at radius 2 is 1.50 bits per heavy atom. The van der Waals surface area contributed by atoms with E-state index >= 15 is 0 Å². The predicted molar refractivity (Wildman–Crippen MR) is 53.0 cm³/mol. The van der Waals surface area contributed by atoms with Gasteiger partial charge in [-0.25, -0.2) is 0 Å². The second-order valence-electron chi connectivity index (χ2n) is 4.21. The second kappa shape index (κ2) is 3.47. The van der Waals surface area contributed by atoms with E-state index in [1.807, 2.05) is 0 Å². The van der Waals surface area contributed by atoms with Gasteiger partial charge in [0.1, 0.15) is 0 Å². The van der Waals surface area contributed by atoms with Gasteiger partial charge in [0.25, 0.3) is 0 Å². The standard InChI is InChI=1S/C12H18/c1-2-4-6-8-12(10-11-12)9-7-5-3-1/h1-2,7,9H,3-6,8,10-11H2/b2-1+,9-7+. The smallest absolute Gasteiger partial charge is 0.0117 e. The molecule has 2 aliphatic carbocycles. The zero-order chi connectivity index (χ0) is 8.28. The monoisotopic (exact) mass is 162 g/mol. The van der Waals surface area contributed by atoms with Gasteiger partial charge in [-0.15, -0.1) is 0 Å². The first kappa shape index (κ1) is 8.10. The first-order valence-corrected chi connectivity index (χ1v) is 5.24. The molecule has 1 fully saturated rings. The minimum atomic E-state index is 0.672. The second-order valence-corrected chi connectivity index (χ2v) is 4.21. The van der Waals surface area contributed by atoms with E-state index in [-0.39, 0.29) is 0 Å². The fourth-order valence-corrected chi connectivity index (χ4v) is 1.99. The molecule has 0 heteroatoms. The fraction of sp³-hybridized carbons (Fsp3) is 0.667. The molecule has 0 heterocycles. The summed E-state index contributed by atoms with van der Waals surface area (Å²) in [6, 6.07) is 0. The van der Waals surface area contributed by atoms with Crippen molar-refractivity contribution in [1.29, 1.82) is 0 Å². The van der Waals surface area contributed by atoms with Crippen molar-refractivity contribution in [3.63, 3.8) is 0 Å². The van der Waals surface area contributed by atoms with Crippen molar-refractivity contribution in [3.8, 4) is 0 Å². The molecule has 0 N–H and O–H groups in total. The van der Waals surface area contributed by atoms with E-state index in [0.29, 0.717) is 5.41 Å². The van der Waals surface area contributed by atoms with Crippen molar-refractivity contribution in [2.45, 2.75) is 44.9 Å². The molecule has 0 amide bonds. The quantitative estimate of drug-likeness (QED) is 0.475. The molecule has 2 aliphatic rings. The van der Waals surface area contributed by atoms with Crippen molar-refractivity contribution in [2.75, 3.05) is 0 Å². The minimum Gasteiger partial charge on any atom is -0.0885 e. The lowest BCUT2D eigenvalue weighted by molar-refractivity contribution is 0.552. The van der Waals surface area contributed by atoms with Crippen molar-refractivity contribution in [1.82, 2.24) is 0 Å². The third-order valence-corrected chi connectivity index (χ3v) is 3.08. The van der Waals surface area contributed by atoms with Crippen molar-refractivity contribution in [3.05, 3.63) is 24.3 Å². The van der Waals surface area contributed by atoms with Crippen LogP contribution in [0.25, 0.3) is 0 Å². The van der Waals surface area contributed by atoms with Gasteiger partial charge in [0.2, 0.25) is 0 Å². The summed E-state index contributed by atoms with van der Waals surface area (Å²) in [6.07, 6.45) is 19.1. The maximum atomic E-state index is 2.49. The van der Waals surface area contributed by atoms with Crippen LogP contribution in [0.5, 0.6) is 0 Å². The van der Waals surface area contributed by atoms with Crippen LogP contribution >= 0.6 is 0 Å². The summed E-state index contributed by atoms with van der Waals surface area (Å²) in [7, 11) is 0. The number of hydrogen-bond acceptors (Lipinski definition) is 0. The Morgan fingerprint density at radius 1 is 0.750 bits per heavy atom. The minimum absolute atomic E-state index is 0.672. The van der Waals surface area contributed by atoms with Gasteiger partial charge in [-0.2, -0.15) is 0 Å². The van der Waals surface area contributed by atoms with Crippen LogP contribution in [0.1, 0.15) is 44.9 Å². The molecule has 0 aliphatic heterocycles. The van der Waals surface area contributed by atoms with Gasteiger partial charge in [0.05, 0.1) is 0 Å². The summed E-state index contributed by atoms with van der Waals surface area (Å²) in [6.45, 7) is 0. The highest BCUT2D eigenvalue weighted by molar-refractivity contribution is 5.10. The maximum absolute atomic E-state index is 2.49. The van der Waals surface area contributed by atoms with Crippen molar-refractivity contribution < 1.29 is 0 Å². The van der Waals surface area contributed by atoms with Gasteiger partial charge in [-0.05, 0) is 50.4 Å². The molecule has 0 aromatic carbocycles. The van der Waals surface area contributed by atoms with E-state index in [2.05, 4.69) is 24.3 Å². The van der Waals surface area contributed by atoms with Gasteiger partial charge in [0, 0.05) is 0 Å². The number of allylic oxidation sites excluding steroid dienone is 4. The normalized spacial score (nSPS) is 32.7. The Kier molecular flexibility index (Phi) is 2.34. The van der Waals surface area contributed by atoms with Gasteiger partial charge < -0.3 is 0 Å². The van der Waals surface area contributed by atoms with Crippen LogP contribution in [0, 0.1) is 5.41 Å². The third-order valence-electron chi connectivity index (χ3n) is 3.08. The zero-order valence-corrected chi connectivity index (χ0v) is 7.76. The first-order valence-electron chi connectivity index (χ1n) is 5.24. The van der Waals surface area contributed by atoms with Gasteiger partial charge in [-0.1, -0.05) is 24.3 Å². The van der Waals surface area contributed by atoms with E-state index in [0.717, 1.165) is 0 Å². The summed E-state index contributed by atoms with van der Waals surface area (Å²) in [5.74, 6) is 0. The molecule has 0 unspecified atom stereocenters. The molecular weight excluding hydrogens is 144 g/mol. The molecule has 0 atom stereocenters. The van der Waals surface area contributed by atoms with Crippen LogP contribution in [-0.2, 0) is 0 Å². The molecule has 0 radical (unpaired) electrons. The number of rotatable bonds is 0. The SMILES string of the molecule is C1=C/CCCC2(/C=C/CC/1)CC2. The molecule has 0 aromatic rings. The van der Waals surface area contributed by atoms with Crippen LogP contribution in [0.2, 0.25) is 0 Å². The van der Waals surface area contributed by atoms with Crippen molar-refractivity contribution >= 4 is 0 Å². The Labute approximate surface area is 75.4 Å². The van der Waals surface area contributed by atoms with Crippen LogP contribution in [-0.4, -0.2) is 0 Å². The lowest BCUT2D eigenvalue weighted by atomic mass is 9.97. The summed E-state index contributed by atoms with van der Waals surface area (Å²) in [5, 5.41) is 0. The van der Waals surface area contributed by atoms with Gasteiger partial charge in [-0.3, -0.25) is 0 Å². The molecule has 0 nitrogen and oxygen atoms in total. The summed E-state index contributed by atoms with van der Waals surface area (Å²) in [5.41, 5.74) is 0.672. The highest BCUT2D eigenvalue weighted by Gasteiger charge is 2.38. The molecule has 0 saturated heterocycles. The van der Waals surface area contributed by atoms with E-state index in [9.17, 15) is 0 Å². The summed E-state index contributed by atoms with van der Waals surface area (Å²) in [4.78, 5) is 0. The van der Waals surface area contributed by atoms with E-state index in [1.165, 1.54) is 44.9 Å². The lowest BCUT2D eigenvalue weighted by Crippen LogP contribution is -1.95. The molecule has 66 valence electrons. The molecule has 1 spiro atoms. The topological polar surface area (TPSA) is 0 Å². The Morgan fingerprint density at radius 3 is 2.33 bits per heavy atom. The highest BCUT2D eigenvalue weighted by Crippen LogP contribution is 2.51. The zero-order valence-electron chi connectivity index (χ0n) is 7.76. The Balaban J connectivity index is 1.93. The Bertz CT molecular complexity index is 194. The van der Waals surface area contributed by atoms with Crippen LogP contribution in [0.3, 0.4) is 0 Å². The third kappa shape index (κ3) is 2.00. The van der Waals surface area contributed by atoms with Crippen LogP contribution < -0.4 is 0 Å². The van der Waals surface area contributed by atoms with Gasteiger partial charge in [0.15, 0.2) is 0 Å². The Hall–Kier alpha value is -0.520. The maximum Gasteiger partial charge on any atom is -0.0117 e. The van der Waals surface area contributed by atoms with Gasteiger partial charge >= 0.3 is 0 Å².